The number of aromatic nitrogens is 3. The molecular formula is C23H20ClN5O3. The number of benzene rings is 2. The number of carbonyl (C=O) groups is 2. The van der Waals surface area contributed by atoms with Crippen molar-refractivity contribution < 1.29 is 14.3 Å². The van der Waals surface area contributed by atoms with E-state index in [1.165, 1.54) is 6.20 Å². The van der Waals surface area contributed by atoms with E-state index >= 15 is 0 Å². The van der Waals surface area contributed by atoms with Gasteiger partial charge in [0.1, 0.15) is 5.56 Å². The van der Waals surface area contributed by atoms with Gasteiger partial charge in [0.05, 0.1) is 18.5 Å². The molecule has 2 N–H and O–H groups in total. The maximum absolute atomic E-state index is 12.5. The van der Waals surface area contributed by atoms with Gasteiger partial charge in [0.15, 0.2) is 5.65 Å². The third-order valence-electron chi connectivity index (χ3n) is 4.83. The highest BCUT2D eigenvalue weighted by atomic mass is 35.5. The van der Waals surface area contributed by atoms with Crippen molar-refractivity contribution in [3.05, 3.63) is 77.1 Å². The van der Waals surface area contributed by atoms with Crippen LogP contribution in [0.3, 0.4) is 0 Å². The number of fused-ring (bicyclic) bond motifs is 1. The zero-order chi connectivity index (χ0) is 22.7. The maximum atomic E-state index is 12.5. The number of anilines is 2. The van der Waals surface area contributed by atoms with Crippen LogP contribution in [0.2, 0.25) is 5.02 Å². The molecule has 0 aliphatic heterocycles. The minimum Gasteiger partial charge on any atom is -0.462 e. The summed E-state index contributed by atoms with van der Waals surface area (Å²) in [6, 6.07) is 14.0. The summed E-state index contributed by atoms with van der Waals surface area (Å²) in [5, 5.41) is 10.5. The SMILES string of the molecule is CCOC(=O)c1cnn2c(-c3cccc(NC(=O)Nc4cccc(Cl)c4C)c3)ccnc12. The van der Waals surface area contributed by atoms with Crippen LogP contribution in [0.15, 0.2) is 60.9 Å². The summed E-state index contributed by atoms with van der Waals surface area (Å²) in [5.41, 5.74) is 4.18. The molecule has 0 spiro atoms. The van der Waals surface area contributed by atoms with E-state index in [1.807, 2.05) is 25.1 Å². The smallest absolute Gasteiger partial charge is 0.343 e. The number of carbonyl (C=O) groups excluding carboxylic acids is 2. The Kier molecular flexibility index (Phi) is 6.04. The first-order chi connectivity index (χ1) is 15.5. The highest BCUT2D eigenvalue weighted by Gasteiger charge is 2.17. The van der Waals surface area contributed by atoms with Crippen molar-refractivity contribution in [2.45, 2.75) is 13.8 Å². The van der Waals surface area contributed by atoms with Crippen LogP contribution in [0.5, 0.6) is 0 Å². The summed E-state index contributed by atoms with van der Waals surface area (Å²) in [6.07, 6.45) is 3.04. The van der Waals surface area contributed by atoms with Gasteiger partial charge in [-0.15, -0.1) is 0 Å². The van der Waals surface area contributed by atoms with Gasteiger partial charge >= 0.3 is 12.0 Å². The van der Waals surface area contributed by atoms with Gasteiger partial charge in [-0.3, -0.25) is 0 Å². The Hall–Kier alpha value is -3.91. The van der Waals surface area contributed by atoms with Crippen LogP contribution in [-0.2, 0) is 4.74 Å². The highest BCUT2D eigenvalue weighted by molar-refractivity contribution is 6.31. The number of hydrogen-bond donors (Lipinski definition) is 2. The van der Waals surface area contributed by atoms with Gasteiger partial charge in [0, 0.05) is 28.2 Å². The molecule has 2 heterocycles. The molecule has 0 fully saturated rings. The summed E-state index contributed by atoms with van der Waals surface area (Å²) in [4.78, 5) is 28.9. The predicted octanol–water partition coefficient (Wildman–Crippen LogP) is 5.18. The first-order valence-corrected chi connectivity index (χ1v) is 10.3. The highest BCUT2D eigenvalue weighted by Crippen LogP contribution is 2.25. The van der Waals surface area contributed by atoms with Gasteiger partial charge in [-0.25, -0.2) is 19.1 Å². The summed E-state index contributed by atoms with van der Waals surface area (Å²) >= 11 is 6.12. The number of ether oxygens (including phenoxy) is 1. The average molecular weight is 450 g/mol. The van der Waals surface area contributed by atoms with Crippen molar-refractivity contribution in [3.8, 4) is 11.3 Å². The summed E-state index contributed by atoms with van der Waals surface area (Å²) < 4.78 is 6.64. The second-order valence-electron chi connectivity index (χ2n) is 6.92. The second kappa shape index (κ2) is 9.07. The minimum absolute atomic E-state index is 0.264. The maximum Gasteiger partial charge on any atom is 0.343 e. The Morgan fingerprint density at radius 3 is 2.75 bits per heavy atom. The Bertz CT molecular complexity index is 1320. The monoisotopic (exact) mass is 449 g/mol. The van der Waals surface area contributed by atoms with E-state index in [1.54, 1.807) is 48.0 Å². The van der Waals surface area contributed by atoms with Crippen molar-refractivity contribution in [2.24, 2.45) is 0 Å². The third kappa shape index (κ3) is 4.26. The van der Waals surface area contributed by atoms with Gasteiger partial charge in [-0.1, -0.05) is 29.8 Å². The second-order valence-corrected chi connectivity index (χ2v) is 7.32. The topological polar surface area (TPSA) is 97.6 Å². The molecule has 0 unspecified atom stereocenters. The average Bonchev–Trinajstić information content (AvgIpc) is 3.22. The van der Waals surface area contributed by atoms with E-state index in [-0.39, 0.29) is 6.61 Å². The Morgan fingerprint density at radius 1 is 1.12 bits per heavy atom. The largest absolute Gasteiger partial charge is 0.462 e. The van der Waals surface area contributed by atoms with Crippen LogP contribution in [0, 0.1) is 6.92 Å². The molecule has 4 rings (SSSR count). The van der Waals surface area contributed by atoms with Crippen molar-refractivity contribution in [1.82, 2.24) is 14.6 Å². The predicted molar refractivity (Wildman–Crippen MR) is 123 cm³/mol. The van der Waals surface area contributed by atoms with E-state index in [2.05, 4.69) is 20.7 Å². The lowest BCUT2D eigenvalue weighted by Crippen LogP contribution is -2.20. The molecule has 0 bridgehead atoms. The van der Waals surface area contributed by atoms with Gasteiger partial charge in [0.25, 0.3) is 0 Å². The molecule has 0 atom stereocenters. The van der Waals surface area contributed by atoms with Crippen molar-refractivity contribution >= 4 is 40.6 Å². The molecule has 2 amide bonds. The van der Waals surface area contributed by atoms with Crippen molar-refractivity contribution in [3.63, 3.8) is 0 Å². The van der Waals surface area contributed by atoms with Crippen LogP contribution in [0.4, 0.5) is 16.2 Å². The number of urea groups is 1. The van der Waals surface area contributed by atoms with E-state index in [4.69, 9.17) is 16.3 Å². The molecule has 0 aliphatic rings. The van der Waals surface area contributed by atoms with E-state index in [0.717, 1.165) is 11.1 Å². The number of halogens is 1. The van der Waals surface area contributed by atoms with Crippen LogP contribution in [0.25, 0.3) is 16.9 Å². The zero-order valence-corrected chi connectivity index (χ0v) is 18.2. The first-order valence-electron chi connectivity index (χ1n) is 9.91. The molecule has 0 saturated carbocycles. The minimum atomic E-state index is -0.476. The fourth-order valence-electron chi connectivity index (χ4n) is 3.25. The quantitative estimate of drug-likeness (QED) is 0.409. The van der Waals surface area contributed by atoms with Gasteiger partial charge < -0.3 is 15.4 Å². The number of esters is 1. The van der Waals surface area contributed by atoms with Gasteiger partial charge in [-0.05, 0) is 49.7 Å². The number of rotatable bonds is 5. The molecule has 2 aromatic heterocycles. The van der Waals surface area contributed by atoms with Crippen LogP contribution in [-0.4, -0.2) is 33.2 Å². The summed E-state index contributed by atoms with van der Waals surface area (Å²) in [7, 11) is 0. The molecular weight excluding hydrogens is 430 g/mol. The van der Waals surface area contributed by atoms with Gasteiger partial charge in [0.2, 0.25) is 0 Å². The Labute approximate surface area is 189 Å². The molecule has 2 aromatic carbocycles. The molecule has 4 aromatic rings. The lowest BCUT2D eigenvalue weighted by atomic mass is 10.1. The molecule has 162 valence electrons. The van der Waals surface area contributed by atoms with Crippen LogP contribution in [0.1, 0.15) is 22.8 Å². The van der Waals surface area contributed by atoms with E-state index in [0.29, 0.717) is 33.3 Å². The van der Waals surface area contributed by atoms with E-state index < -0.39 is 12.0 Å². The number of hydrogen-bond acceptors (Lipinski definition) is 5. The molecule has 0 saturated heterocycles. The van der Waals surface area contributed by atoms with Gasteiger partial charge in [-0.2, -0.15) is 5.10 Å². The normalized spacial score (nSPS) is 10.7. The molecule has 9 heteroatoms. The Balaban J connectivity index is 1.59. The molecule has 8 nitrogen and oxygen atoms in total. The first kappa shape index (κ1) is 21.3. The number of nitrogens with zero attached hydrogens (tertiary/aromatic N) is 3. The van der Waals surface area contributed by atoms with Crippen molar-refractivity contribution in [2.75, 3.05) is 17.2 Å². The number of amides is 2. The lowest BCUT2D eigenvalue weighted by Gasteiger charge is -2.12. The lowest BCUT2D eigenvalue weighted by molar-refractivity contribution is 0.0528. The molecule has 32 heavy (non-hydrogen) atoms. The van der Waals surface area contributed by atoms with Crippen LogP contribution < -0.4 is 10.6 Å². The fraction of sp³-hybridized carbons (Fsp3) is 0.130. The third-order valence-corrected chi connectivity index (χ3v) is 5.24. The van der Waals surface area contributed by atoms with Crippen LogP contribution >= 0.6 is 11.6 Å². The van der Waals surface area contributed by atoms with E-state index in [9.17, 15) is 9.59 Å². The fourth-order valence-corrected chi connectivity index (χ4v) is 3.42. The number of nitrogens with one attached hydrogen (secondary N) is 2. The summed E-state index contributed by atoms with van der Waals surface area (Å²) in [6.45, 7) is 3.84. The Morgan fingerprint density at radius 2 is 1.94 bits per heavy atom. The molecule has 0 radical (unpaired) electrons. The standard InChI is InChI=1S/C23H20ClN5O3/c1-3-32-22(30)17-13-26-29-20(10-11-25-21(17)29)15-6-4-7-16(12-15)27-23(31)28-19-9-5-8-18(24)14(19)2/h4-13H,3H2,1-2H3,(H2,27,28,31). The zero-order valence-electron chi connectivity index (χ0n) is 17.4. The summed E-state index contributed by atoms with van der Waals surface area (Å²) in [5.74, 6) is -0.476. The molecule has 0 aliphatic carbocycles. The van der Waals surface area contributed by atoms with Crippen molar-refractivity contribution in [1.29, 1.82) is 0 Å².